The maximum absolute atomic E-state index is 12.5. The van der Waals surface area contributed by atoms with Crippen molar-refractivity contribution in [3.63, 3.8) is 0 Å². The van der Waals surface area contributed by atoms with Gasteiger partial charge in [0.15, 0.2) is 0 Å². The molecule has 1 fully saturated rings. The van der Waals surface area contributed by atoms with Gasteiger partial charge in [-0.1, -0.05) is 5.92 Å². The minimum absolute atomic E-state index is 0.288. The molecular weight excluding hydrogens is 352 g/mol. The Balaban J connectivity index is 2.99. The average Bonchev–Trinajstić information content (AvgIpc) is 2.49. The molecule has 1 aliphatic rings. The minimum atomic E-state index is -1.28. The molecule has 1 N–H and O–H groups in total. The zero-order valence-corrected chi connectivity index (χ0v) is 17.2. The van der Waals surface area contributed by atoms with Crippen LogP contribution in [0.4, 0.5) is 9.59 Å². The first-order valence-electron chi connectivity index (χ1n) is 8.86. The van der Waals surface area contributed by atoms with Crippen molar-refractivity contribution in [3.8, 4) is 11.8 Å². The van der Waals surface area contributed by atoms with E-state index in [2.05, 4.69) is 11.8 Å². The molecule has 0 aromatic carbocycles. The predicted molar refractivity (Wildman–Crippen MR) is 99.2 cm³/mol. The molecular formula is C19H30N2O6. The highest BCUT2D eigenvalue weighted by molar-refractivity contribution is 5.87. The Hall–Kier alpha value is -2.43. The van der Waals surface area contributed by atoms with E-state index in [0.717, 1.165) is 0 Å². The van der Waals surface area contributed by atoms with Crippen LogP contribution < -0.4 is 0 Å². The first-order valence-corrected chi connectivity index (χ1v) is 8.86. The molecule has 2 amide bonds. The van der Waals surface area contributed by atoms with Crippen LogP contribution in [0.3, 0.4) is 0 Å². The van der Waals surface area contributed by atoms with Crippen LogP contribution in [-0.2, 0) is 14.3 Å². The number of carboxylic acids is 1. The Morgan fingerprint density at radius 2 is 1.48 bits per heavy atom. The fourth-order valence-corrected chi connectivity index (χ4v) is 2.60. The summed E-state index contributed by atoms with van der Waals surface area (Å²) in [6, 6.07) is 0. The second-order valence-corrected chi connectivity index (χ2v) is 8.59. The molecule has 0 spiro atoms. The summed E-state index contributed by atoms with van der Waals surface area (Å²) in [6.45, 7) is 11.2. The van der Waals surface area contributed by atoms with Crippen LogP contribution in [0.5, 0.6) is 0 Å². The topological polar surface area (TPSA) is 96.4 Å². The molecule has 152 valence electrons. The van der Waals surface area contributed by atoms with Gasteiger partial charge in [0, 0.05) is 26.1 Å². The van der Waals surface area contributed by atoms with Crippen LogP contribution in [0.25, 0.3) is 0 Å². The fraction of sp³-hybridized carbons (Fsp3) is 0.737. The van der Waals surface area contributed by atoms with E-state index in [1.807, 2.05) is 0 Å². The number of nitrogens with zero attached hydrogens (tertiary/aromatic N) is 2. The lowest BCUT2D eigenvalue weighted by Gasteiger charge is -2.44. The number of carbonyl (C=O) groups excluding carboxylic acids is 2. The van der Waals surface area contributed by atoms with E-state index in [-0.39, 0.29) is 13.1 Å². The first kappa shape index (κ1) is 22.6. The number of piperidine rings is 1. The van der Waals surface area contributed by atoms with Crippen LogP contribution in [0, 0.1) is 11.8 Å². The number of likely N-dealkylation sites (tertiary alicyclic amines) is 1. The van der Waals surface area contributed by atoms with E-state index >= 15 is 0 Å². The van der Waals surface area contributed by atoms with Crippen molar-refractivity contribution < 1.29 is 29.0 Å². The van der Waals surface area contributed by atoms with E-state index in [1.165, 1.54) is 16.8 Å². The highest BCUT2D eigenvalue weighted by Crippen LogP contribution is 2.30. The van der Waals surface area contributed by atoms with Gasteiger partial charge in [-0.3, -0.25) is 4.90 Å². The molecule has 0 aromatic rings. The number of amides is 2. The Kier molecular flexibility index (Phi) is 6.76. The number of ether oxygens (including phenoxy) is 2. The molecule has 0 aliphatic carbocycles. The molecule has 8 nitrogen and oxygen atoms in total. The second kappa shape index (κ2) is 8.07. The minimum Gasteiger partial charge on any atom is -0.472 e. The third-order valence-electron chi connectivity index (χ3n) is 3.95. The fourth-order valence-electron chi connectivity index (χ4n) is 2.60. The van der Waals surface area contributed by atoms with Crippen molar-refractivity contribution in [1.82, 2.24) is 9.80 Å². The lowest BCUT2D eigenvalue weighted by atomic mass is 9.86. The van der Waals surface area contributed by atoms with Crippen molar-refractivity contribution in [2.45, 2.75) is 71.1 Å². The van der Waals surface area contributed by atoms with Crippen LogP contribution in [0.1, 0.15) is 54.4 Å². The molecule has 1 aliphatic heterocycles. The van der Waals surface area contributed by atoms with Crippen molar-refractivity contribution in [3.05, 3.63) is 0 Å². The Bertz CT molecular complexity index is 640. The second-order valence-electron chi connectivity index (χ2n) is 8.59. The van der Waals surface area contributed by atoms with Gasteiger partial charge in [-0.25, -0.2) is 14.4 Å². The number of rotatable bonds is 1. The molecule has 0 radical (unpaired) electrons. The van der Waals surface area contributed by atoms with Crippen molar-refractivity contribution in [2.24, 2.45) is 0 Å². The third kappa shape index (κ3) is 7.00. The summed E-state index contributed by atoms with van der Waals surface area (Å²) in [5.41, 5.74) is -2.33. The van der Waals surface area contributed by atoms with E-state index in [1.54, 1.807) is 41.5 Å². The van der Waals surface area contributed by atoms with E-state index in [0.29, 0.717) is 12.8 Å². The summed E-state index contributed by atoms with van der Waals surface area (Å²) in [6.07, 6.45) is -0.444. The molecule has 27 heavy (non-hydrogen) atoms. The van der Waals surface area contributed by atoms with Gasteiger partial charge in [-0.2, -0.15) is 0 Å². The van der Waals surface area contributed by atoms with Gasteiger partial charge < -0.3 is 19.5 Å². The predicted octanol–water partition coefficient (Wildman–Crippen LogP) is 2.71. The molecule has 0 unspecified atom stereocenters. The first-order chi connectivity index (χ1) is 12.2. The van der Waals surface area contributed by atoms with Crippen LogP contribution in [0.2, 0.25) is 0 Å². The summed E-state index contributed by atoms with van der Waals surface area (Å²) >= 11 is 0. The maximum Gasteiger partial charge on any atom is 0.411 e. The lowest BCUT2D eigenvalue weighted by molar-refractivity contribution is -0.130. The monoisotopic (exact) mass is 382 g/mol. The lowest BCUT2D eigenvalue weighted by Crippen LogP contribution is -2.57. The van der Waals surface area contributed by atoms with Gasteiger partial charge in [0.25, 0.3) is 0 Å². The highest BCUT2D eigenvalue weighted by atomic mass is 16.6. The zero-order valence-electron chi connectivity index (χ0n) is 17.2. The smallest absolute Gasteiger partial charge is 0.411 e. The largest absolute Gasteiger partial charge is 0.472 e. The van der Waals surface area contributed by atoms with Crippen molar-refractivity contribution >= 4 is 18.2 Å². The number of hydrogen-bond acceptors (Lipinski definition) is 5. The molecule has 1 rings (SSSR count). The number of hydrogen-bond donors (Lipinski definition) is 1. The van der Waals surface area contributed by atoms with Gasteiger partial charge >= 0.3 is 18.2 Å². The van der Waals surface area contributed by atoms with Gasteiger partial charge in [0.1, 0.15) is 16.7 Å². The third-order valence-corrected chi connectivity index (χ3v) is 3.95. The number of carbonyl (C=O) groups is 3. The molecule has 8 heteroatoms. The van der Waals surface area contributed by atoms with E-state index in [9.17, 15) is 14.4 Å². The molecule has 0 bridgehead atoms. The molecule has 0 atom stereocenters. The molecule has 0 aromatic heterocycles. The van der Waals surface area contributed by atoms with Gasteiger partial charge in [-0.05, 0) is 54.4 Å². The maximum atomic E-state index is 12.5. The normalized spacial score (nSPS) is 16.6. The molecule has 1 heterocycles. The Morgan fingerprint density at radius 1 is 1.00 bits per heavy atom. The quantitative estimate of drug-likeness (QED) is 0.701. The summed E-state index contributed by atoms with van der Waals surface area (Å²) in [5.74, 6) is 3.55. The Labute approximate surface area is 160 Å². The molecule has 1 saturated heterocycles. The van der Waals surface area contributed by atoms with Crippen LogP contribution in [0.15, 0.2) is 0 Å². The van der Waals surface area contributed by atoms with Gasteiger partial charge in [0.05, 0.1) is 0 Å². The van der Waals surface area contributed by atoms with Crippen LogP contribution in [-0.4, -0.2) is 69.9 Å². The van der Waals surface area contributed by atoms with Crippen molar-refractivity contribution in [2.75, 3.05) is 20.1 Å². The molecule has 0 saturated carbocycles. The van der Waals surface area contributed by atoms with Gasteiger partial charge in [-0.15, -0.1) is 0 Å². The summed E-state index contributed by atoms with van der Waals surface area (Å²) < 4.78 is 10.8. The van der Waals surface area contributed by atoms with E-state index in [4.69, 9.17) is 14.6 Å². The van der Waals surface area contributed by atoms with Crippen molar-refractivity contribution in [1.29, 1.82) is 0 Å². The SMILES string of the molecule is CN(C(=O)OC(C)(C)C)C1(C#CC(=O)O)CCN(C(=O)OC(C)(C)C)CC1. The van der Waals surface area contributed by atoms with Crippen LogP contribution >= 0.6 is 0 Å². The highest BCUT2D eigenvalue weighted by Gasteiger charge is 2.42. The summed E-state index contributed by atoms with van der Waals surface area (Å²) in [5, 5.41) is 8.94. The standard InChI is InChI=1S/C19H30N2O6/c1-17(2,3)26-15(24)20(7)19(9-8-14(22)23)10-12-21(13-11-19)16(25)27-18(4,5)6/h10-13H2,1-7H3,(H,22,23). The number of carboxylic acid groups (broad SMARTS) is 1. The Morgan fingerprint density at radius 3 is 1.89 bits per heavy atom. The van der Waals surface area contributed by atoms with E-state index < -0.39 is 34.9 Å². The zero-order chi connectivity index (χ0) is 21.0. The average molecular weight is 382 g/mol. The van der Waals surface area contributed by atoms with Gasteiger partial charge in [0.2, 0.25) is 0 Å². The number of aliphatic carboxylic acids is 1. The summed E-state index contributed by atoms with van der Waals surface area (Å²) in [7, 11) is 1.54. The summed E-state index contributed by atoms with van der Waals surface area (Å²) in [4.78, 5) is 38.6.